The van der Waals surface area contributed by atoms with Crippen molar-refractivity contribution in [1.29, 1.82) is 0 Å². The molecule has 0 atom stereocenters. The van der Waals surface area contributed by atoms with E-state index in [-0.39, 0.29) is 11.4 Å². The van der Waals surface area contributed by atoms with Gasteiger partial charge in [0, 0.05) is 30.0 Å². The van der Waals surface area contributed by atoms with Crippen LogP contribution < -0.4 is 15.5 Å². The maximum absolute atomic E-state index is 12.1. The highest BCUT2D eigenvalue weighted by Gasteiger charge is 2.16. The Balaban J connectivity index is 1.61. The number of carbonyl (C=O) groups excluding carboxylic acids is 1. The van der Waals surface area contributed by atoms with Crippen molar-refractivity contribution in [3.8, 4) is 0 Å². The van der Waals surface area contributed by atoms with Gasteiger partial charge in [0.05, 0.1) is 0 Å². The maximum Gasteiger partial charge on any atom is 0.272 e. The first-order chi connectivity index (χ1) is 12.4. The number of nitrogens with zero attached hydrogens (tertiary/aromatic N) is 3. The molecule has 1 aliphatic rings. The predicted octanol–water partition coefficient (Wildman–Crippen LogP) is 3.74. The Morgan fingerprint density at radius 3 is 2.23 bits per heavy atom. The lowest BCUT2D eigenvalue weighted by molar-refractivity contribution is 0.0913. The second-order valence-electron chi connectivity index (χ2n) is 7.73. The molecule has 1 aliphatic heterocycles. The average molecular weight is 353 g/mol. The zero-order valence-corrected chi connectivity index (χ0v) is 15.7. The van der Waals surface area contributed by atoms with Gasteiger partial charge in [-0.2, -0.15) is 0 Å². The van der Waals surface area contributed by atoms with Crippen molar-refractivity contribution in [2.75, 3.05) is 23.3 Å². The first kappa shape index (κ1) is 18.2. The average Bonchev–Trinajstić information content (AvgIpc) is 2.62. The molecule has 0 bridgehead atoms. The molecule has 2 N–H and O–H groups in total. The Kier molecular flexibility index (Phi) is 5.40. The maximum atomic E-state index is 12.1. The lowest BCUT2D eigenvalue weighted by atomic mass is 10.1. The molecule has 1 fully saturated rings. The number of amides is 1. The highest BCUT2D eigenvalue weighted by Crippen LogP contribution is 2.23. The predicted molar refractivity (Wildman–Crippen MR) is 105 cm³/mol. The van der Waals surface area contributed by atoms with Crippen LogP contribution in [0.15, 0.2) is 36.4 Å². The van der Waals surface area contributed by atoms with E-state index in [1.54, 1.807) is 12.1 Å². The van der Waals surface area contributed by atoms with Crippen molar-refractivity contribution in [2.45, 2.75) is 45.6 Å². The van der Waals surface area contributed by atoms with Crippen molar-refractivity contribution in [2.24, 2.45) is 0 Å². The number of rotatable bonds is 4. The van der Waals surface area contributed by atoms with Gasteiger partial charge in [-0.15, -0.1) is 10.2 Å². The standard InChI is InChI=1S/C20H27N5O/c1-20(2,3)22-19(26)17-11-12-18(24-23-17)21-15-7-9-16(10-8-15)25-13-5-4-6-14-25/h7-12H,4-6,13-14H2,1-3H3,(H,21,24)(H,22,26). The molecule has 6 nitrogen and oxygen atoms in total. The van der Waals surface area contributed by atoms with Crippen LogP contribution in [0.25, 0.3) is 0 Å². The van der Waals surface area contributed by atoms with E-state index < -0.39 is 0 Å². The summed E-state index contributed by atoms with van der Waals surface area (Å²) < 4.78 is 0. The van der Waals surface area contributed by atoms with Gasteiger partial charge in [0.2, 0.25) is 0 Å². The molecule has 1 aromatic carbocycles. The zero-order valence-electron chi connectivity index (χ0n) is 15.7. The van der Waals surface area contributed by atoms with Gasteiger partial charge in [-0.3, -0.25) is 4.79 Å². The van der Waals surface area contributed by atoms with Crippen LogP contribution in [0, 0.1) is 0 Å². The summed E-state index contributed by atoms with van der Waals surface area (Å²) in [6.07, 6.45) is 3.87. The molecular formula is C20H27N5O. The van der Waals surface area contributed by atoms with E-state index in [0.717, 1.165) is 18.8 Å². The molecule has 1 amide bonds. The summed E-state index contributed by atoms with van der Waals surface area (Å²) in [6, 6.07) is 11.8. The Labute approximate surface area is 155 Å². The minimum absolute atomic E-state index is 0.220. The molecule has 2 aromatic rings. The van der Waals surface area contributed by atoms with E-state index in [0.29, 0.717) is 11.5 Å². The van der Waals surface area contributed by atoms with E-state index in [4.69, 9.17) is 0 Å². The smallest absolute Gasteiger partial charge is 0.272 e. The Morgan fingerprint density at radius 2 is 1.65 bits per heavy atom. The highest BCUT2D eigenvalue weighted by atomic mass is 16.2. The van der Waals surface area contributed by atoms with Crippen LogP contribution in [0.4, 0.5) is 17.2 Å². The molecule has 1 saturated heterocycles. The molecule has 2 heterocycles. The summed E-state index contributed by atoms with van der Waals surface area (Å²) in [5.41, 5.74) is 2.22. The highest BCUT2D eigenvalue weighted by molar-refractivity contribution is 5.92. The fourth-order valence-electron chi connectivity index (χ4n) is 2.98. The lowest BCUT2D eigenvalue weighted by Gasteiger charge is -2.28. The SMILES string of the molecule is CC(C)(C)NC(=O)c1ccc(Nc2ccc(N3CCCCC3)cc2)nn1. The minimum Gasteiger partial charge on any atom is -0.372 e. The van der Waals surface area contributed by atoms with Crippen LogP contribution in [-0.4, -0.2) is 34.7 Å². The second-order valence-corrected chi connectivity index (χ2v) is 7.73. The lowest BCUT2D eigenvalue weighted by Crippen LogP contribution is -2.41. The summed E-state index contributed by atoms with van der Waals surface area (Å²) >= 11 is 0. The molecule has 0 radical (unpaired) electrons. The van der Waals surface area contributed by atoms with Crippen LogP contribution >= 0.6 is 0 Å². The van der Waals surface area contributed by atoms with E-state index >= 15 is 0 Å². The number of anilines is 3. The number of hydrogen-bond acceptors (Lipinski definition) is 5. The molecule has 3 rings (SSSR count). The van der Waals surface area contributed by atoms with Crippen LogP contribution in [0.3, 0.4) is 0 Å². The van der Waals surface area contributed by atoms with Crippen molar-refractivity contribution >= 4 is 23.1 Å². The number of piperidine rings is 1. The minimum atomic E-state index is -0.300. The van der Waals surface area contributed by atoms with Gasteiger partial charge in [-0.1, -0.05) is 0 Å². The van der Waals surface area contributed by atoms with Crippen molar-refractivity contribution < 1.29 is 4.79 Å². The van der Waals surface area contributed by atoms with Crippen LogP contribution in [0.2, 0.25) is 0 Å². The van der Waals surface area contributed by atoms with Gasteiger partial charge >= 0.3 is 0 Å². The first-order valence-corrected chi connectivity index (χ1v) is 9.19. The van der Waals surface area contributed by atoms with E-state index in [2.05, 4.69) is 37.9 Å². The number of aromatic nitrogens is 2. The Morgan fingerprint density at radius 1 is 0.962 bits per heavy atom. The van der Waals surface area contributed by atoms with Gasteiger partial charge in [-0.05, 0) is 76.4 Å². The molecule has 0 saturated carbocycles. The number of nitrogens with one attached hydrogen (secondary N) is 2. The number of hydrogen-bond donors (Lipinski definition) is 2. The van der Waals surface area contributed by atoms with Gasteiger partial charge < -0.3 is 15.5 Å². The Bertz CT molecular complexity index is 728. The van der Waals surface area contributed by atoms with E-state index in [9.17, 15) is 4.79 Å². The third-order valence-electron chi connectivity index (χ3n) is 4.25. The van der Waals surface area contributed by atoms with Crippen LogP contribution in [0.5, 0.6) is 0 Å². The summed E-state index contributed by atoms with van der Waals surface area (Å²) in [5, 5.41) is 14.2. The molecule has 138 valence electrons. The molecule has 1 aromatic heterocycles. The zero-order chi connectivity index (χ0) is 18.6. The van der Waals surface area contributed by atoms with Crippen molar-refractivity contribution in [3.63, 3.8) is 0 Å². The fraction of sp³-hybridized carbons (Fsp3) is 0.450. The second kappa shape index (κ2) is 7.72. The number of carbonyl (C=O) groups is 1. The molecule has 0 aliphatic carbocycles. The number of benzene rings is 1. The first-order valence-electron chi connectivity index (χ1n) is 9.19. The van der Waals surface area contributed by atoms with Crippen molar-refractivity contribution in [3.05, 3.63) is 42.1 Å². The van der Waals surface area contributed by atoms with E-state index in [1.165, 1.54) is 24.9 Å². The third-order valence-corrected chi connectivity index (χ3v) is 4.25. The Hall–Kier alpha value is -2.63. The van der Waals surface area contributed by atoms with Crippen molar-refractivity contribution in [1.82, 2.24) is 15.5 Å². The normalized spacial score (nSPS) is 14.8. The summed E-state index contributed by atoms with van der Waals surface area (Å²) in [6.45, 7) is 8.07. The van der Waals surface area contributed by atoms with Gasteiger partial charge in [0.1, 0.15) is 0 Å². The van der Waals surface area contributed by atoms with Crippen LogP contribution in [0.1, 0.15) is 50.5 Å². The fourth-order valence-corrected chi connectivity index (χ4v) is 2.98. The topological polar surface area (TPSA) is 70.2 Å². The molecule has 26 heavy (non-hydrogen) atoms. The van der Waals surface area contributed by atoms with Gasteiger partial charge in [0.15, 0.2) is 11.5 Å². The summed E-state index contributed by atoms with van der Waals surface area (Å²) in [5.74, 6) is 0.394. The van der Waals surface area contributed by atoms with Gasteiger partial charge in [0.25, 0.3) is 5.91 Å². The monoisotopic (exact) mass is 353 g/mol. The molecule has 6 heteroatoms. The quantitative estimate of drug-likeness (QED) is 0.876. The summed E-state index contributed by atoms with van der Waals surface area (Å²) in [4.78, 5) is 14.5. The molecule has 0 unspecified atom stereocenters. The third kappa shape index (κ3) is 4.94. The molecular weight excluding hydrogens is 326 g/mol. The van der Waals surface area contributed by atoms with Crippen LogP contribution in [-0.2, 0) is 0 Å². The van der Waals surface area contributed by atoms with E-state index in [1.807, 2.05) is 32.9 Å². The van der Waals surface area contributed by atoms with Gasteiger partial charge in [-0.25, -0.2) is 0 Å². The largest absolute Gasteiger partial charge is 0.372 e. The summed E-state index contributed by atoms with van der Waals surface area (Å²) in [7, 11) is 0. The molecule has 0 spiro atoms.